The Hall–Kier alpha value is -0.940. The Morgan fingerprint density at radius 3 is 2.26 bits per heavy atom. The van der Waals surface area contributed by atoms with Crippen molar-refractivity contribution in [3.05, 3.63) is 0 Å². The summed E-state index contributed by atoms with van der Waals surface area (Å²) in [6.07, 6.45) is 12.3. The zero-order valence-electron chi connectivity index (χ0n) is 15.0. The summed E-state index contributed by atoms with van der Waals surface area (Å²) in [5.74, 6) is -0.332. The second-order valence-corrected chi connectivity index (χ2v) is 6.88. The van der Waals surface area contributed by atoms with Crippen molar-refractivity contribution in [2.45, 2.75) is 89.1 Å². The first-order chi connectivity index (χ1) is 11.0. The van der Waals surface area contributed by atoms with E-state index in [0.29, 0.717) is 6.42 Å². The molecule has 0 spiro atoms. The van der Waals surface area contributed by atoms with E-state index < -0.39 is 6.04 Å². The standard InChI is InChI=1S/C18H35N3O2/c1-15(19)18(12-8-5-3-4-6-9-13-18)21-14-10-7-11-16(20)17(22)23-2/h16,19,21H,3-14,20H2,1-2H3/t16-/m0/s1. The van der Waals surface area contributed by atoms with Crippen molar-refractivity contribution in [2.24, 2.45) is 5.73 Å². The Balaban J connectivity index is 2.40. The molecule has 0 unspecified atom stereocenters. The molecule has 134 valence electrons. The van der Waals surface area contributed by atoms with Crippen LogP contribution in [-0.4, -0.2) is 36.9 Å². The molecule has 4 N–H and O–H groups in total. The van der Waals surface area contributed by atoms with Crippen LogP contribution in [0.15, 0.2) is 0 Å². The van der Waals surface area contributed by atoms with Gasteiger partial charge in [0.2, 0.25) is 0 Å². The van der Waals surface area contributed by atoms with Gasteiger partial charge in [0.25, 0.3) is 0 Å². The quantitative estimate of drug-likeness (QED) is 0.363. The molecule has 0 aliphatic heterocycles. The van der Waals surface area contributed by atoms with Crippen LogP contribution >= 0.6 is 0 Å². The zero-order chi connectivity index (χ0) is 17.1. The molecule has 1 atom stereocenters. The summed E-state index contributed by atoms with van der Waals surface area (Å²) in [4.78, 5) is 11.3. The number of hydrogen-bond donors (Lipinski definition) is 3. The maximum Gasteiger partial charge on any atom is 0.322 e. The maximum absolute atomic E-state index is 11.3. The van der Waals surface area contributed by atoms with Crippen LogP contribution in [0.4, 0.5) is 0 Å². The average Bonchev–Trinajstić information content (AvgIpc) is 2.66. The number of methoxy groups -OCH3 is 1. The Kier molecular flexibility index (Phi) is 9.41. The summed E-state index contributed by atoms with van der Waals surface area (Å²) in [5.41, 5.74) is 6.41. The molecule has 5 nitrogen and oxygen atoms in total. The van der Waals surface area contributed by atoms with Crippen molar-refractivity contribution in [2.75, 3.05) is 13.7 Å². The topological polar surface area (TPSA) is 88.2 Å². The largest absolute Gasteiger partial charge is 0.468 e. The molecule has 0 amide bonds. The van der Waals surface area contributed by atoms with E-state index in [4.69, 9.17) is 11.1 Å². The molecule has 1 fully saturated rings. The normalized spacial score (nSPS) is 20.0. The summed E-state index contributed by atoms with van der Waals surface area (Å²) < 4.78 is 4.64. The third kappa shape index (κ3) is 7.00. The number of unbranched alkanes of at least 4 members (excludes halogenated alkanes) is 1. The third-order valence-electron chi connectivity index (χ3n) is 5.08. The second-order valence-electron chi connectivity index (χ2n) is 6.88. The summed E-state index contributed by atoms with van der Waals surface area (Å²) in [6, 6.07) is -0.511. The van der Waals surface area contributed by atoms with Gasteiger partial charge in [-0.25, -0.2) is 0 Å². The first-order valence-corrected chi connectivity index (χ1v) is 9.16. The van der Waals surface area contributed by atoms with E-state index in [1.54, 1.807) is 0 Å². The average molecular weight is 325 g/mol. The van der Waals surface area contributed by atoms with Crippen LogP contribution in [-0.2, 0) is 9.53 Å². The van der Waals surface area contributed by atoms with Crippen LogP contribution in [0.3, 0.4) is 0 Å². The molecule has 0 heterocycles. The third-order valence-corrected chi connectivity index (χ3v) is 5.08. The molecule has 0 aromatic heterocycles. The number of nitrogens with two attached hydrogens (primary N) is 1. The van der Waals surface area contributed by atoms with Crippen LogP contribution in [0.5, 0.6) is 0 Å². The lowest BCUT2D eigenvalue weighted by atomic mass is 9.83. The molecule has 5 heteroatoms. The fourth-order valence-corrected chi connectivity index (χ4v) is 3.46. The smallest absolute Gasteiger partial charge is 0.322 e. The van der Waals surface area contributed by atoms with Gasteiger partial charge in [0.15, 0.2) is 0 Å². The molecule has 23 heavy (non-hydrogen) atoms. The van der Waals surface area contributed by atoms with E-state index in [2.05, 4.69) is 10.1 Å². The lowest BCUT2D eigenvalue weighted by molar-refractivity contribution is -0.142. The molecule has 1 aliphatic carbocycles. The minimum absolute atomic E-state index is 0.116. The van der Waals surface area contributed by atoms with Gasteiger partial charge in [0.05, 0.1) is 12.6 Å². The number of carbonyl (C=O) groups excluding carboxylic acids is 1. The van der Waals surface area contributed by atoms with Crippen molar-refractivity contribution in [3.8, 4) is 0 Å². The Bertz CT molecular complexity index is 361. The summed E-state index contributed by atoms with van der Waals surface area (Å²) >= 11 is 0. The Morgan fingerprint density at radius 1 is 1.17 bits per heavy atom. The second kappa shape index (κ2) is 10.8. The van der Waals surface area contributed by atoms with E-state index in [9.17, 15) is 4.79 Å². The van der Waals surface area contributed by atoms with Gasteiger partial charge in [-0.3, -0.25) is 4.79 Å². The molecule has 1 rings (SSSR count). The molecule has 0 aromatic rings. The molecule has 0 bridgehead atoms. The van der Waals surface area contributed by atoms with Crippen LogP contribution in [0, 0.1) is 5.41 Å². The van der Waals surface area contributed by atoms with Crippen LogP contribution in [0.1, 0.15) is 77.6 Å². The van der Waals surface area contributed by atoms with Gasteiger partial charge >= 0.3 is 5.97 Å². The molecule has 1 aliphatic rings. The fraction of sp³-hybridized carbons (Fsp3) is 0.889. The molecular formula is C18H35N3O2. The molecule has 0 aromatic carbocycles. The van der Waals surface area contributed by atoms with Crippen LogP contribution in [0.2, 0.25) is 0 Å². The van der Waals surface area contributed by atoms with Gasteiger partial charge in [-0.1, -0.05) is 44.9 Å². The number of carbonyl (C=O) groups is 1. The minimum Gasteiger partial charge on any atom is -0.468 e. The molecule has 0 saturated heterocycles. The fourth-order valence-electron chi connectivity index (χ4n) is 3.46. The number of hydrogen-bond acceptors (Lipinski definition) is 5. The lowest BCUT2D eigenvalue weighted by Gasteiger charge is -2.35. The van der Waals surface area contributed by atoms with Crippen molar-refractivity contribution in [3.63, 3.8) is 0 Å². The van der Waals surface area contributed by atoms with Crippen LogP contribution < -0.4 is 11.1 Å². The highest BCUT2D eigenvalue weighted by molar-refractivity contribution is 5.88. The number of rotatable bonds is 8. The first kappa shape index (κ1) is 20.1. The van der Waals surface area contributed by atoms with Crippen LogP contribution in [0.25, 0.3) is 0 Å². The number of ether oxygens (including phenoxy) is 1. The van der Waals surface area contributed by atoms with Gasteiger partial charge in [0.1, 0.15) is 6.04 Å². The molecule has 0 radical (unpaired) electrons. The maximum atomic E-state index is 11.3. The van der Waals surface area contributed by atoms with E-state index >= 15 is 0 Å². The SMILES string of the molecule is COC(=O)[C@@H](N)CCCCNC1(C(C)=N)CCCCCCCC1. The summed E-state index contributed by atoms with van der Waals surface area (Å²) in [5, 5.41) is 11.9. The highest BCUT2D eigenvalue weighted by Crippen LogP contribution is 2.27. The highest BCUT2D eigenvalue weighted by Gasteiger charge is 2.31. The number of esters is 1. The predicted octanol–water partition coefficient (Wildman–Crippen LogP) is 3.16. The first-order valence-electron chi connectivity index (χ1n) is 9.16. The highest BCUT2D eigenvalue weighted by atomic mass is 16.5. The Morgan fingerprint density at radius 2 is 1.74 bits per heavy atom. The summed E-state index contributed by atoms with van der Waals surface area (Å²) in [7, 11) is 1.37. The molecular weight excluding hydrogens is 290 g/mol. The van der Waals surface area contributed by atoms with E-state index in [-0.39, 0.29) is 11.5 Å². The Labute approximate surface area is 141 Å². The van der Waals surface area contributed by atoms with Gasteiger partial charge < -0.3 is 21.2 Å². The molecule has 1 saturated carbocycles. The monoisotopic (exact) mass is 325 g/mol. The van der Waals surface area contributed by atoms with Crippen molar-refractivity contribution < 1.29 is 9.53 Å². The number of nitrogens with one attached hydrogen (secondary N) is 2. The van der Waals surface area contributed by atoms with E-state index in [1.165, 1.54) is 45.6 Å². The van der Waals surface area contributed by atoms with Crippen molar-refractivity contribution in [1.29, 1.82) is 5.41 Å². The van der Waals surface area contributed by atoms with Gasteiger partial charge in [-0.05, 0) is 39.2 Å². The zero-order valence-corrected chi connectivity index (χ0v) is 15.0. The van der Waals surface area contributed by atoms with Gasteiger partial charge in [-0.15, -0.1) is 0 Å². The van der Waals surface area contributed by atoms with E-state index in [0.717, 1.165) is 37.9 Å². The van der Waals surface area contributed by atoms with E-state index in [1.807, 2.05) is 6.92 Å². The van der Waals surface area contributed by atoms with Gasteiger partial charge in [-0.2, -0.15) is 0 Å². The minimum atomic E-state index is -0.511. The van der Waals surface area contributed by atoms with Crippen molar-refractivity contribution >= 4 is 11.7 Å². The summed E-state index contributed by atoms with van der Waals surface area (Å²) in [6.45, 7) is 2.82. The van der Waals surface area contributed by atoms with Gasteiger partial charge in [0, 0.05) is 5.71 Å². The lowest BCUT2D eigenvalue weighted by Crippen LogP contribution is -2.51. The van der Waals surface area contributed by atoms with Crippen molar-refractivity contribution in [1.82, 2.24) is 5.32 Å². The predicted molar refractivity (Wildman–Crippen MR) is 94.9 cm³/mol.